The van der Waals surface area contributed by atoms with Crippen molar-refractivity contribution in [2.75, 3.05) is 11.9 Å². The fourth-order valence-corrected chi connectivity index (χ4v) is 2.88. The van der Waals surface area contributed by atoms with Gasteiger partial charge in [-0.2, -0.15) is 0 Å². The number of rotatable bonds is 6. The Kier molecular flexibility index (Phi) is 6.62. The standard InChI is InChI=1S/C20H17BrN2O3S/c21-18-10-9-17(26-18)19(24)23-20(27)22-15-7-4-8-16(13-15)25-12-11-14-5-2-1-3-6-14/h1-10,13H,11-12H2,(H2,22,23,24,27). The van der Waals surface area contributed by atoms with E-state index in [0.29, 0.717) is 11.3 Å². The van der Waals surface area contributed by atoms with Crippen LogP contribution in [0.1, 0.15) is 16.1 Å². The highest BCUT2D eigenvalue weighted by atomic mass is 79.9. The van der Waals surface area contributed by atoms with Crippen LogP contribution in [0.5, 0.6) is 5.75 Å². The van der Waals surface area contributed by atoms with E-state index < -0.39 is 5.91 Å². The van der Waals surface area contributed by atoms with E-state index in [4.69, 9.17) is 21.4 Å². The topological polar surface area (TPSA) is 63.5 Å². The Hall–Kier alpha value is -2.64. The molecule has 2 N–H and O–H groups in total. The molecule has 0 bridgehead atoms. The maximum absolute atomic E-state index is 12.0. The monoisotopic (exact) mass is 444 g/mol. The molecule has 27 heavy (non-hydrogen) atoms. The second kappa shape index (κ2) is 9.34. The van der Waals surface area contributed by atoms with E-state index in [1.807, 2.05) is 42.5 Å². The molecule has 0 spiro atoms. The highest BCUT2D eigenvalue weighted by molar-refractivity contribution is 9.10. The molecule has 3 aromatic rings. The van der Waals surface area contributed by atoms with E-state index in [-0.39, 0.29) is 10.9 Å². The summed E-state index contributed by atoms with van der Waals surface area (Å²) in [4.78, 5) is 12.0. The molecule has 0 aliphatic rings. The lowest BCUT2D eigenvalue weighted by molar-refractivity contribution is 0.0949. The summed E-state index contributed by atoms with van der Waals surface area (Å²) in [5.74, 6) is 0.470. The summed E-state index contributed by atoms with van der Waals surface area (Å²) in [6.45, 7) is 0.571. The summed E-state index contributed by atoms with van der Waals surface area (Å²) in [5, 5.41) is 5.71. The van der Waals surface area contributed by atoms with Gasteiger partial charge in [0.1, 0.15) is 5.75 Å². The van der Waals surface area contributed by atoms with E-state index in [0.717, 1.165) is 17.9 Å². The van der Waals surface area contributed by atoms with Crippen molar-refractivity contribution in [3.05, 3.63) is 82.7 Å². The molecule has 1 amide bonds. The van der Waals surface area contributed by atoms with Crippen LogP contribution in [0.25, 0.3) is 0 Å². The van der Waals surface area contributed by atoms with Gasteiger partial charge in [-0.3, -0.25) is 10.1 Å². The molecule has 5 nitrogen and oxygen atoms in total. The van der Waals surface area contributed by atoms with Gasteiger partial charge >= 0.3 is 0 Å². The number of carbonyl (C=O) groups excluding carboxylic acids is 1. The predicted octanol–water partition coefficient (Wildman–Crippen LogP) is 4.79. The van der Waals surface area contributed by atoms with Crippen LogP contribution in [0.4, 0.5) is 5.69 Å². The van der Waals surface area contributed by atoms with Crippen molar-refractivity contribution in [1.82, 2.24) is 5.32 Å². The van der Waals surface area contributed by atoms with Crippen molar-refractivity contribution in [3.8, 4) is 5.75 Å². The number of ether oxygens (including phenoxy) is 1. The van der Waals surface area contributed by atoms with Crippen molar-refractivity contribution < 1.29 is 13.9 Å². The van der Waals surface area contributed by atoms with E-state index in [2.05, 4.69) is 38.7 Å². The van der Waals surface area contributed by atoms with Crippen LogP contribution in [0.2, 0.25) is 0 Å². The lowest BCUT2D eigenvalue weighted by atomic mass is 10.2. The normalized spacial score (nSPS) is 10.3. The van der Waals surface area contributed by atoms with Gasteiger partial charge in [0.2, 0.25) is 0 Å². The first-order valence-corrected chi connectivity index (χ1v) is 9.45. The molecule has 0 saturated heterocycles. The number of hydrogen-bond acceptors (Lipinski definition) is 4. The Labute approximate surface area is 170 Å². The maximum Gasteiger partial charge on any atom is 0.293 e. The molecule has 1 aromatic heterocycles. The summed E-state index contributed by atoms with van der Waals surface area (Å²) in [5.41, 5.74) is 1.94. The second-order valence-corrected chi connectivity index (χ2v) is 6.81. The van der Waals surface area contributed by atoms with Crippen molar-refractivity contribution >= 4 is 44.9 Å². The summed E-state index contributed by atoms with van der Waals surface area (Å²) in [7, 11) is 0. The van der Waals surface area contributed by atoms with Gasteiger partial charge in [0.25, 0.3) is 5.91 Å². The van der Waals surface area contributed by atoms with E-state index >= 15 is 0 Å². The van der Waals surface area contributed by atoms with Crippen LogP contribution in [-0.4, -0.2) is 17.6 Å². The lowest BCUT2D eigenvalue weighted by Gasteiger charge is -2.11. The molecule has 3 rings (SSSR count). The van der Waals surface area contributed by atoms with Crippen molar-refractivity contribution in [2.24, 2.45) is 0 Å². The molecule has 0 unspecified atom stereocenters. The largest absolute Gasteiger partial charge is 0.493 e. The zero-order valence-electron chi connectivity index (χ0n) is 14.3. The number of carbonyl (C=O) groups is 1. The quantitative estimate of drug-likeness (QED) is 0.535. The number of furan rings is 1. The molecule has 0 aliphatic carbocycles. The van der Waals surface area contributed by atoms with Crippen LogP contribution >= 0.6 is 28.1 Å². The highest BCUT2D eigenvalue weighted by Gasteiger charge is 2.12. The minimum absolute atomic E-state index is 0.170. The van der Waals surface area contributed by atoms with E-state index in [9.17, 15) is 4.79 Å². The number of halogens is 1. The van der Waals surface area contributed by atoms with Crippen molar-refractivity contribution in [2.45, 2.75) is 6.42 Å². The first kappa shape index (κ1) is 19.1. The Balaban J connectivity index is 1.50. The van der Waals surface area contributed by atoms with Crippen LogP contribution in [0.15, 0.2) is 75.8 Å². The van der Waals surface area contributed by atoms with Gasteiger partial charge in [-0.05, 0) is 58.0 Å². The minimum atomic E-state index is -0.423. The average molecular weight is 445 g/mol. The summed E-state index contributed by atoms with van der Waals surface area (Å²) in [6, 6.07) is 20.7. The van der Waals surface area contributed by atoms with Crippen LogP contribution in [0.3, 0.4) is 0 Å². The summed E-state index contributed by atoms with van der Waals surface area (Å²) in [6.07, 6.45) is 0.825. The van der Waals surface area contributed by atoms with Crippen molar-refractivity contribution in [1.29, 1.82) is 0 Å². The van der Waals surface area contributed by atoms with Crippen LogP contribution in [-0.2, 0) is 6.42 Å². The number of nitrogens with one attached hydrogen (secondary N) is 2. The molecule has 0 aliphatic heterocycles. The fourth-order valence-electron chi connectivity index (χ4n) is 2.36. The maximum atomic E-state index is 12.0. The summed E-state index contributed by atoms with van der Waals surface area (Å²) >= 11 is 8.33. The number of amides is 1. The van der Waals surface area contributed by atoms with Gasteiger partial charge in [-0.1, -0.05) is 36.4 Å². The molecular formula is C20H17BrN2O3S. The van der Waals surface area contributed by atoms with E-state index in [1.165, 1.54) is 5.56 Å². The highest BCUT2D eigenvalue weighted by Crippen LogP contribution is 2.18. The molecule has 138 valence electrons. The van der Waals surface area contributed by atoms with Crippen molar-refractivity contribution in [3.63, 3.8) is 0 Å². The molecule has 0 saturated carbocycles. The van der Waals surface area contributed by atoms with Gasteiger partial charge in [0.05, 0.1) is 6.61 Å². The third kappa shape index (κ3) is 5.94. The van der Waals surface area contributed by atoms with Gasteiger partial charge in [0.15, 0.2) is 15.5 Å². The smallest absolute Gasteiger partial charge is 0.293 e. The number of hydrogen-bond donors (Lipinski definition) is 2. The number of thiocarbonyl (C=S) groups is 1. The molecule has 0 atom stereocenters. The van der Waals surface area contributed by atoms with Crippen LogP contribution < -0.4 is 15.4 Å². The fraction of sp³-hybridized carbons (Fsp3) is 0.100. The van der Waals surface area contributed by atoms with Gasteiger partial charge in [-0.25, -0.2) is 0 Å². The van der Waals surface area contributed by atoms with Gasteiger partial charge in [-0.15, -0.1) is 0 Å². The first-order chi connectivity index (χ1) is 13.1. The minimum Gasteiger partial charge on any atom is -0.493 e. The lowest BCUT2D eigenvalue weighted by Crippen LogP contribution is -2.33. The number of anilines is 1. The Bertz CT molecular complexity index is 928. The third-order valence-electron chi connectivity index (χ3n) is 3.62. The van der Waals surface area contributed by atoms with Gasteiger partial charge < -0.3 is 14.5 Å². The molecule has 0 fully saturated rings. The second-order valence-electron chi connectivity index (χ2n) is 5.62. The Morgan fingerprint density at radius 3 is 2.63 bits per heavy atom. The molecule has 1 heterocycles. The average Bonchev–Trinajstić information content (AvgIpc) is 3.09. The Morgan fingerprint density at radius 2 is 1.89 bits per heavy atom. The molecule has 0 radical (unpaired) electrons. The number of benzene rings is 2. The predicted molar refractivity (Wildman–Crippen MR) is 112 cm³/mol. The SMILES string of the molecule is O=C(NC(=S)Nc1cccc(OCCc2ccccc2)c1)c1ccc(Br)o1. The summed E-state index contributed by atoms with van der Waals surface area (Å²) < 4.78 is 11.5. The third-order valence-corrected chi connectivity index (χ3v) is 4.25. The first-order valence-electron chi connectivity index (χ1n) is 8.24. The van der Waals surface area contributed by atoms with Crippen LogP contribution in [0, 0.1) is 0 Å². The zero-order chi connectivity index (χ0) is 19.1. The Morgan fingerprint density at radius 1 is 1.07 bits per heavy atom. The molecule has 7 heteroatoms. The zero-order valence-corrected chi connectivity index (χ0v) is 16.7. The molecular weight excluding hydrogens is 428 g/mol. The molecule has 2 aromatic carbocycles. The van der Waals surface area contributed by atoms with Gasteiger partial charge in [0, 0.05) is 18.2 Å². The van der Waals surface area contributed by atoms with E-state index in [1.54, 1.807) is 12.1 Å².